The second-order valence-corrected chi connectivity index (χ2v) is 5.43. The van der Waals surface area contributed by atoms with Crippen molar-refractivity contribution in [3.63, 3.8) is 0 Å². The minimum atomic E-state index is -0.127. The summed E-state index contributed by atoms with van der Waals surface area (Å²) in [5, 5.41) is 0. The molecule has 0 radical (unpaired) electrons. The molecular formula is C14H21FN2. The van der Waals surface area contributed by atoms with E-state index in [1.807, 2.05) is 12.1 Å². The average Bonchev–Trinajstić information content (AvgIpc) is 2.61. The highest BCUT2D eigenvalue weighted by molar-refractivity contribution is 5.26. The molecule has 2 N–H and O–H groups in total. The summed E-state index contributed by atoms with van der Waals surface area (Å²) >= 11 is 0. The van der Waals surface area contributed by atoms with E-state index >= 15 is 0 Å². The Bertz CT molecular complexity index is 401. The second kappa shape index (κ2) is 4.75. The summed E-state index contributed by atoms with van der Waals surface area (Å²) in [5.74, 6) is -0.127. The lowest BCUT2D eigenvalue weighted by molar-refractivity contribution is 0.164. The standard InChI is InChI=1S/C14H21FN2/c1-14(2)7-4-8-17(14)10-12-6-3-5-11(9-16)13(12)15/h3,5-6H,4,7-10,16H2,1-2H3. The van der Waals surface area contributed by atoms with Crippen LogP contribution in [0.25, 0.3) is 0 Å². The van der Waals surface area contributed by atoms with Crippen molar-refractivity contribution in [2.75, 3.05) is 6.54 Å². The highest BCUT2D eigenvalue weighted by atomic mass is 19.1. The molecule has 2 rings (SSSR count). The lowest BCUT2D eigenvalue weighted by Gasteiger charge is -2.31. The Labute approximate surface area is 103 Å². The van der Waals surface area contributed by atoms with E-state index in [1.54, 1.807) is 6.07 Å². The summed E-state index contributed by atoms with van der Waals surface area (Å²) in [7, 11) is 0. The van der Waals surface area contributed by atoms with Gasteiger partial charge in [0.15, 0.2) is 0 Å². The zero-order valence-electron chi connectivity index (χ0n) is 10.7. The SMILES string of the molecule is CC1(C)CCCN1Cc1cccc(CN)c1F. The van der Waals surface area contributed by atoms with Crippen molar-refractivity contribution in [2.45, 2.75) is 45.3 Å². The van der Waals surface area contributed by atoms with Gasteiger partial charge in [-0.2, -0.15) is 0 Å². The molecule has 0 amide bonds. The summed E-state index contributed by atoms with van der Waals surface area (Å²) in [4.78, 5) is 2.35. The third kappa shape index (κ3) is 2.50. The van der Waals surface area contributed by atoms with Crippen LogP contribution >= 0.6 is 0 Å². The van der Waals surface area contributed by atoms with E-state index in [4.69, 9.17) is 5.73 Å². The van der Waals surface area contributed by atoms with Gasteiger partial charge in [0.2, 0.25) is 0 Å². The smallest absolute Gasteiger partial charge is 0.132 e. The summed E-state index contributed by atoms with van der Waals surface area (Å²) in [6.45, 7) is 6.46. The third-order valence-corrected chi connectivity index (χ3v) is 3.81. The van der Waals surface area contributed by atoms with Gasteiger partial charge in [0.25, 0.3) is 0 Å². The molecule has 0 spiro atoms. The second-order valence-electron chi connectivity index (χ2n) is 5.43. The highest BCUT2D eigenvalue weighted by Crippen LogP contribution is 2.30. The molecular weight excluding hydrogens is 215 g/mol. The molecule has 0 aromatic heterocycles. The molecule has 1 aliphatic heterocycles. The molecule has 2 nitrogen and oxygen atoms in total. The van der Waals surface area contributed by atoms with Crippen molar-refractivity contribution in [2.24, 2.45) is 5.73 Å². The maximum atomic E-state index is 14.1. The first-order chi connectivity index (χ1) is 8.04. The van der Waals surface area contributed by atoms with Crippen molar-refractivity contribution in [1.29, 1.82) is 0 Å². The number of hydrogen-bond donors (Lipinski definition) is 1. The monoisotopic (exact) mass is 236 g/mol. The minimum absolute atomic E-state index is 0.127. The first kappa shape index (κ1) is 12.5. The molecule has 0 atom stereocenters. The Morgan fingerprint density at radius 3 is 2.65 bits per heavy atom. The van der Waals surface area contributed by atoms with Gasteiger partial charge in [0, 0.05) is 29.8 Å². The molecule has 17 heavy (non-hydrogen) atoms. The van der Waals surface area contributed by atoms with Crippen LogP contribution in [0.2, 0.25) is 0 Å². The maximum absolute atomic E-state index is 14.1. The molecule has 0 bridgehead atoms. The molecule has 94 valence electrons. The van der Waals surface area contributed by atoms with E-state index < -0.39 is 0 Å². The van der Waals surface area contributed by atoms with E-state index in [-0.39, 0.29) is 17.9 Å². The van der Waals surface area contributed by atoms with Gasteiger partial charge in [0.05, 0.1) is 0 Å². The largest absolute Gasteiger partial charge is 0.326 e. The number of hydrogen-bond acceptors (Lipinski definition) is 2. The average molecular weight is 236 g/mol. The van der Waals surface area contributed by atoms with Crippen LogP contribution in [0.3, 0.4) is 0 Å². The van der Waals surface area contributed by atoms with Gasteiger partial charge < -0.3 is 5.73 Å². The van der Waals surface area contributed by atoms with Crippen molar-refractivity contribution >= 4 is 0 Å². The van der Waals surface area contributed by atoms with Crippen LogP contribution in [-0.4, -0.2) is 17.0 Å². The third-order valence-electron chi connectivity index (χ3n) is 3.81. The van der Waals surface area contributed by atoms with Crippen LogP contribution in [0.5, 0.6) is 0 Å². The molecule has 0 aliphatic carbocycles. The number of halogens is 1. The normalized spacial score (nSPS) is 19.8. The van der Waals surface area contributed by atoms with Crippen LogP contribution in [-0.2, 0) is 13.1 Å². The number of likely N-dealkylation sites (tertiary alicyclic amines) is 1. The fraction of sp³-hybridized carbons (Fsp3) is 0.571. The van der Waals surface area contributed by atoms with E-state index in [0.29, 0.717) is 12.1 Å². The molecule has 1 heterocycles. The maximum Gasteiger partial charge on any atom is 0.132 e. The predicted octanol–water partition coefficient (Wildman–Crippen LogP) is 2.66. The quantitative estimate of drug-likeness (QED) is 0.874. The van der Waals surface area contributed by atoms with E-state index in [0.717, 1.165) is 12.1 Å². The summed E-state index contributed by atoms with van der Waals surface area (Å²) in [6, 6.07) is 5.51. The lowest BCUT2D eigenvalue weighted by Crippen LogP contribution is -2.37. The Kier molecular flexibility index (Phi) is 3.50. The summed E-state index contributed by atoms with van der Waals surface area (Å²) in [6.07, 6.45) is 2.39. The zero-order chi connectivity index (χ0) is 12.5. The van der Waals surface area contributed by atoms with Crippen molar-refractivity contribution in [3.05, 3.63) is 35.1 Å². The van der Waals surface area contributed by atoms with Crippen LogP contribution in [0.4, 0.5) is 4.39 Å². The van der Waals surface area contributed by atoms with E-state index in [2.05, 4.69) is 18.7 Å². The molecule has 3 heteroatoms. The highest BCUT2D eigenvalue weighted by Gasteiger charge is 2.32. The fourth-order valence-corrected chi connectivity index (χ4v) is 2.57. The Morgan fingerprint density at radius 2 is 2.06 bits per heavy atom. The summed E-state index contributed by atoms with van der Waals surface area (Å²) < 4.78 is 14.1. The van der Waals surface area contributed by atoms with Gasteiger partial charge in [-0.05, 0) is 33.2 Å². The van der Waals surface area contributed by atoms with E-state index in [9.17, 15) is 4.39 Å². The number of nitrogens with two attached hydrogens (primary N) is 1. The van der Waals surface area contributed by atoms with Gasteiger partial charge in [-0.25, -0.2) is 4.39 Å². The van der Waals surface area contributed by atoms with Crippen molar-refractivity contribution < 1.29 is 4.39 Å². The molecule has 1 aliphatic rings. The van der Waals surface area contributed by atoms with Crippen molar-refractivity contribution in [1.82, 2.24) is 4.90 Å². The lowest BCUT2D eigenvalue weighted by atomic mass is 10.0. The fourth-order valence-electron chi connectivity index (χ4n) is 2.57. The molecule has 1 fully saturated rings. The van der Waals surface area contributed by atoms with Crippen LogP contribution < -0.4 is 5.73 Å². The molecule has 0 saturated carbocycles. The number of benzene rings is 1. The molecule has 1 aromatic rings. The Morgan fingerprint density at radius 1 is 1.35 bits per heavy atom. The van der Waals surface area contributed by atoms with Gasteiger partial charge in [-0.15, -0.1) is 0 Å². The van der Waals surface area contributed by atoms with Crippen molar-refractivity contribution in [3.8, 4) is 0 Å². The van der Waals surface area contributed by atoms with Gasteiger partial charge >= 0.3 is 0 Å². The van der Waals surface area contributed by atoms with Gasteiger partial charge in [-0.3, -0.25) is 4.90 Å². The van der Waals surface area contributed by atoms with Crippen LogP contribution in [0, 0.1) is 5.82 Å². The van der Waals surface area contributed by atoms with Gasteiger partial charge in [0.1, 0.15) is 5.82 Å². The minimum Gasteiger partial charge on any atom is -0.326 e. The van der Waals surface area contributed by atoms with E-state index in [1.165, 1.54) is 12.8 Å². The first-order valence-electron chi connectivity index (χ1n) is 6.26. The Hall–Kier alpha value is -0.930. The van der Waals surface area contributed by atoms with Gasteiger partial charge in [-0.1, -0.05) is 18.2 Å². The molecule has 0 unspecified atom stereocenters. The predicted molar refractivity (Wildman–Crippen MR) is 68.0 cm³/mol. The number of nitrogens with zero attached hydrogens (tertiary/aromatic N) is 1. The first-order valence-corrected chi connectivity index (χ1v) is 6.26. The topological polar surface area (TPSA) is 29.3 Å². The molecule has 1 saturated heterocycles. The zero-order valence-corrected chi connectivity index (χ0v) is 10.7. The number of rotatable bonds is 3. The summed E-state index contributed by atoms with van der Waals surface area (Å²) in [5.41, 5.74) is 7.09. The Balaban J connectivity index is 2.19. The van der Waals surface area contributed by atoms with Crippen LogP contribution in [0.15, 0.2) is 18.2 Å². The molecule has 1 aromatic carbocycles. The van der Waals surface area contributed by atoms with Crippen LogP contribution in [0.1, 0.15) is 37.8 Å².